The molecular weight excluding hydrogens is 455 g/mol. The molecule has 1 aromatic rings. The summed E-state index contributed by atoms with van der Waals surface area (Å²) in [6.07, 6.45) is 1.53. The molecule has 23 heavy (non-hydrogen) atoms. The van der Waals surface area contributed by atoms with E-state index in [2.05, 4.69) is 10.3 Å². The number of hydrogen-bond donors (Lipinski definition) is 1. The van der Waals surface area contributed by atoms with Gasteiger partial charge in [0.2, 0.25) is 5.91 Å². The van der Waals surface area contributed by atoms with Gasteiger partial charge in [0.1, 0.15) is 0 Å². The summed E-state index contributed by atoms with van der Waals surface area (Å²) >= 11 is 9.04. The second-order valence-electron chi connectivity index (χ2n) is 4.41. The smallest absolute Gasteiger partial charge is 0.308 e. The molecule has 2 amide bonds. The maximum atomic E-state index is 11.9. The fraction of sp³-hybridized carbons (Fsp3) is 0.143. The molecule has 0 aliphatic carbocycles. The van der Waals surface area contributed by atoms with Crippen LogP contribution in [-0.4, -0.2) is 23.0 Å². The second kappa shape index (κ2) is 7.45. The van der Waals surface area contributed by atoms with Gasteiger partial charge in [0.05, 0.1) is 8.48 Å². The van der Waals surface area contributed by atoms with Crippen molar-refractivity contribution in [1.82, 2.24) is 5.32 Å². The van der Waals surface area contributed by atoms with Gasteiger partial charge in [-0.3, -0.25) is 14.4 Å². The second-order valence-corrected chi connectivity index (χ2v) is 7.04. The van der Waals surface area contributed by atoms with Crippen LogP contribution in [0.4, 0.5) is 0 Å². The quantitative estimate of drug-likeness (QED) is 0.315. The van der Waals surface area contributed by atoms with E-state index in [1.165, 1.54) is 19.9 Å². The highest BCUT2D eigenvalue weighted by molar-refractivity contribution is 14.1. The van der Waals surface area contributed by atoms with Gasteiger partial charge in [-0.05, 0) is 52.6 Å². The van der Waals surface area contributed by atoms with E-state index in [0.717, 1.165) is 11.8 Å². The lowest BCUT2D eigenvalue weighted by Gasteiger charge is -2.09. The summed E-state index contributed by atoms with van der Waals surface area (Å²) in [5, 5.41) is 3.11. The Kier molecular flexibility index (Phi) is 5.82. The van der Waals surface area contributed by atoms with Crippen molar-refractivity contribution in [1.29, 1.82) is 0 Å². The molecule has 0 atom stereocenters. The number of amides is 2. The first-order valence-corrected chi connectivity index (χ1v) is 8.51. The van der Waals surface area contributed by atoms with Crippen LogP contribution < -0.4 is 10.1 Å². The number of esters is 1. The number of aliphatic imine (C=N–C) groups is 1. The van der Waals surface area contributed by atoms with Crippen LogP contribution in [0, 0.1) is 3.57 Å². The van der Waals surface area contributed by atoms with E-state index < -0.39 is 11.9 Å². The number of rotatable bonds is 2. The highest BCUT2D eigenvalue weighted by Gasteiger charge is 2.23. The molecule has 1 heterocycles. The number of thioether (sulfide) groups is 1. The third-order valence-electron chi connectivity index (χ3n) is 2.47. The minimum absolute atomic E-state index is 0.208. The number of nitrogens with one attached hydrogen (secondary N) is 1. The normalized spacial score (nSPS) is 15.6. The minimum Gasteiger partial charge on any atom is -0.425 e. The SMILES string of the molecule is CC(=O)NC1=NC(=O)/C(=C/c2cc(Cl)cc(I)c2OC(C)=O)S1. The largest absolute Gasteiger partial charge is 0.425 e. The highest BCUT2D eigenvalue weighted by Crippen LogP contribution is 2.35. The van der Waals surface area contributed by atoms with E-state index in [1.54, 1.807) is 12.1 Å². The molecule has 0 fully saturated rings. The molecule has 1 aliphatic rings. The Hall–Kier alpha value is -1.39. The number of amidine groups is 1. The van der Waals surface area contributed by atoms with Crippen molar-refractivity contribution < 1.29 is 19.1 Å². The first kappa shape index (κ1) is 18.0. The summed E-state index contributed by atoms with van der Waals surface area (Å²) in [6, 6.07) is 3.23. The Morgan fingerprint density at radius 2 is 2.09 bits per heavy atom. The zero-order chi connectivity index (χ0) is 17.1. The average molecular weight is 465 g/mol. The van der Waals surface area contributed by atoms with Crippen molar-refractivity contribution in [2.24, 2.45) is 4.99 Å². The monoisotopic (exact) mass is 464 g/mol. The lowest BCUT2D eigenvalue weighted by molar-refractivity contribution is -0.132. The standard InChI is InChI=1S/C14H10ClIN2O4S/c1-6(19)17-14-18-13(21)11(23-14)4-8-3-9(15)5-10(16)12(8)22-7(2)20/h3-5H,1-2H3,(H,17,18,19,21)/b11-4-. The van der Waals surface area contributed by atoms with E-state index >= 15 is 0 Å². The van der Waals surface area contributed by atoms with E-state index in [-0.39, 0.29) is 11.1 Å². The predicted octanol–water partition coefficient (Wildman–Crippen LogP) is 2.98. The first-order chi connectivity index (χ1) is 10.8. The molecule has 0 radical (unpaired) electrons. The summed E-state index contributed by atoms with van der Waals surface area (Å²) < 4.78 is 5.83. The molecule has 6 nitrogen and oxygen atoms in total. The van der Waals surface area contributed by atoms with Crippen molar-refractivity contribution in [2.75, 3.05) is 0 Å². The number of hydrogen-bond acceptors (Lipinski definition) is 5. The number of nitrogens with zero attached hydrogens (tertiary/aromatic N) is 1. The molecule has 1 aliphatic heterocycles. The number of halogens is 2. The molecule has 0 saturated carbocycles. The molecule has 0 spiro atoms. The summed E-state index contributed by atoms with van der Waals surface area (Å²) in [5.74, 6) is -0.965. The number of carbonyl (C=O) groups excluding carboxylic acids is 3. The topological polar surface area (TPSA) is 84.8 Å². The third kappa shape index (κ3) is 4.79. The summed E-state index contributed by atoms with van der Waals surface area (Å²) in [4.78, 5) is 38.2. The summed E-state index contributed by atoms with van der Waals surface area (Å²) in [7, 11) is 0. The van der Waals surface area contributed by atoms with Crippen LogP contribution in [0.25, 0.3) is 6.08 Å². The van der Waals surface area contributed by atoms with Gasteiger partial charge >= 0.3 is 5.97 Å². The zero-order valence-electron chi connectivity index (χ0n) is 12.0. The van der Waals surface area contributed by atoms with Crippen LogP contribution in [0.3, 0.4) is 0 Å². The number of ether oxygens (including phenoxy) is 1. The van der Waals surface area contributed by atoms with Crippen LogP contribution >= 0.6 is 46.0 Å². The van der Waals surface area contributed by atoms with Gasteiger partial charge in [-0.25, -0.2) is 0 Å². The molecule has 1 N–H and O–H groups in total. The van der Waals surface area contributed by atoms with Gasteiger partial charge in [0.15, 0.2) is 10.9 Å². The fourth-order valence-corrected chi connectivity index (χ4v) is 3.71. The van der Waals surface area contributed by atoms with Crippen LogP contribution in [0.5, 0.6) is 5.75 Å². The highest BCUT2D eigenvalue weighted by atomic mass is 127. The fourth-order valence-electron chi connectivity index (χ4n) is 1.69. The van der Waals surface area contributed by atoms with Crippen LogP contribution in [0.1, 0.15) is 19.4 Å². The third-order valence-corrected chi connectivity index (χ3v) is 4.39. The maximum Gasteiger partial charge on any atom is 0.308 e. The number of carbonyl (C=O) groups is 3. The molecule has 0 bridgehead atoms. The van der Waals surface area contributed by atoms with Crippen molar-refractivity contribution in [3.63, 3.8) is 0 Å². The van der Waals surface area contributed by atoms with Crippen molar-refractivity contribution in [3.8, 4) is 5.75 Å². The average Bonchev–Trinajstić information content (AvgIpc) is 2.72. The molecule has 0 unspecified atom stereocenters. The predicted molar refractivity (Wildman–Crippen MR) is 97.3 cm³/mol. The Morgan fingerprint density at radius 1 is 1.39 bits per heavy atom. The first-order valence-electron chi connectivity index (χ1n) is 6.24. The summed E-state index contributed by atoms with van der Waals surface area (Å²) in [5.41, 5.74) is 0.479. The van der Waals surface area contributed by atoms with Gasteiger partial charge in [-0.2, -0.15) is 4.99 Å². The minimum atomic E-state index is -0.484. The van der Waals surface area contributed by atoms with Crippen molar-refractivity contribution in [2.45, 2.75) is 13.8 Å². The van der Waals surface area contributed by atoms with Gasteiger partial charge < -0.3 is 10.1 Å². The maximum absolute atomic E-state index is 11.9. The molecule has 0 aromatic heterocycles. The molecule has 0 saturated heterocycles. The Labute approximate surface area is 154 Å². The van der Waals surface area contributed by atoms with E-state index in [4.69, 9.17) is 16.3 Å². The molecular formula is C14H10ClIN2O4S. The van der Waals surface area contributed by atoms with Gasteiger partial charge in [0, 0.05) is 24.4 Å². The zero-order valence-corrected chi connectivity index (χ0v) is 15.7. The number of benzene rings is 1. The van der Waals surface area contributed by atoms with Gasteiger partial charge in [-0.15, -0.1) is 0 Å². The van der Waals surface area contributed by atoms with Crippen LogP contribution in [0.2, 0.25) is 5.02 Å². The molecule has 9 heteroatoms. The van der Waals surface area contributed by atoms with E-state index in [9.17, 15) is 14.4 Å². The van der Waals surface area contributed by atoms with Crippen LogP contribution in [-0.2, 0) is 14.4 Å². The van der Waals surface area contributed by atoms with Gasteiger partial charge in [-0.1, -0.05) is 11.6 Å². The lowest BCUT2D eigenvalue weighted by atomic mass is 10.2. The molecule has 2 rings (SSSR count). The van der Waals surface area contributed by atoms with Crippen molar-refractivity contribution in [3.05, 3.63) is 31.2 Å². The van der Waals surface area contributed by atoms with Crippen LogP contribution in [0.15, 0.2) is 22.0 Å². The van der Waals surface area contributed by atoms with Gasteiger partial charge in [0.25, 0.3) is 5.91 Å². The Balaban J connectivity index is 2.38. The molecule has 1 aromatic carbocycles. The summed E-state index contributed by atoms with van der Waals surface area (Å²) in [6.45, 7) is 2.61. The van der Waals surface area contributed by atoms with E-state index in [1.807, 2.05) is 22.6 Å². The lowest BCUT2D eigenvalue weighted by Crippen LogP contribution is -2.23. The Morgan fingerprint density at radius 3 is 2.70 bits per heavy atom. The van der Waals surface area contributed by atoms with Crippen molar-refractivity contribution >= 4 is 75.0 Å². The molecule has 120 valence electrons. The Bertz CT molecular complexity index is 776. The van der Waals surface area contributed by atoms with E-state index in [0.29, 0.717) is 24.8 Å².